The second-order valence-electron chi connectivity index (χ2n) is 6.85. The SMILES string of the molecule is Cc1ccc2ncccc2c1NC(=O)C1C=NCCC1c1cccc(F)c1. The fraction of sp³-hybridized carbons (Fsp3) is 0.227. The van der Waals surface area contributed by atoms with Crippen LogP contribution >= 0.6 is 0 Å². The van der Waals surface area contributed by atoms with Crippen LogP contribution < -0.4 is 5.32 Å². The predicted octanol–water partition coefficient (Wildman–Crippen LogP) is 4.50. The van der Waals surface area contributed by atoms with E-state index in [0.717, 1.165) is 27.7 Å². The van der Waals surface area contributed by atoms with Gasteiger partial charge in [0.1, 0.15) is 5.82 Å². The largest absolute Gasteiger partial charge is 0.325 e. The fourth-order valence-corrected chi connectivity index (χ4v) is 3.68. The van der Waals surface area contributed by atoms with Crippen molar-refractivity contribution in [1.29, 1.82) is 0 Å². The maximum atomic E-state index is 13.7. The summed E-state index contributed by atoms with van der Waals surface area (Å²) in [5, 5.41) is 3.98. The Hall–Kier alpha value is -3.08. The molecule has 0 saturated heterocycles. The normalized spacial score (nSPS) is 19.2. The van der Waals surface area contributed by atoms with Crippen LogP contribution in [0.5, 0.6) is 0 Å². The molecule has 2 heterocycles. The van der Waals surface area contributed by atoms with E-state index in [1.165, 1.54) is 12.1 Å². The van der Waals surface area contributed by atoms with Gasteiger partial charge in [-0.15, -0.1) is 0 Å². The number of aryl methyl sites for hydroxylation is 1. The third kappa shape index (κ3) is 3.45. The maximum absolute atomic E-state index is 13.7. The molecule has 1 aliphatic rings. The highest BCUT2D eigenvalue weighted by atomic mass is 19.1. The number of hydrogen-bond donors (Lipinski definition) is 1. The molecule has 0 aliphatic carbocycles. The van der Waals surface area contributed by atoms with Crippen molar-refractivity contribution in [1.82, 2.24) is 4.98 Å². The molecule has 1 aliphatic heterocycles. The molecule has 0 bridgehead atoms. The Morgan fingerprint density at radius 3 is 2.93 bits per heavy atom. The van der Waals surface area contributed by atoms with Crippen molar-refractivity contribution >= 4 is 28.7 Å². The first-order valence-electron chi connectivity index (χ1n) is 9.04. The van der Waals surface area contributed by atoms with Crippen LogP contribution in [0.15, 0.2) is 59.7 Å². The Labute approximate surface area is 157 Å². The highest BCUT2D eigenvalue weighted by Crippen LogP contribution is 2.33. The maximum Gasteiger partial charge on any atom is 0.233 e. The molecule has 2 atom stereocenters. The number of halogens is 1. The topological polar surface area (TPSA) is 54.4 Å². The number of aliphatic imine (C=N–C) groups is 1. The van der Waals surface area contributed by atoms with Crippen LogP contribution in [0.4, 0.5) is 10.1 Å². The summed E-state index contributed by atoms with van der Waals surface area (Å²) in [7, 11) is 0. The Bertz CT molecular complexity index is 1030. The first-order valence-corrected chi connectivity index (χ1v) is 9.04. The molecule has 1 amide bonds. The minimum Gasteiger partial charge on any atom is -0.325 e. The summed E-state index contributed by atoms with van der Waals surface area (Å²) < 4.78 is 13.7. The van der Waals surface area contributed by atoms with Gasteiger partial charge in [0.2, 0.25) is 5.91 Å². The van der Waals surface area contributed by atoms with Gasteiger partial charge >= 0.3 is 0 Å². The summed E-state index contributed by atoms with van der Waals surface area (Å²) >= 11 is 0. The summed E-state index contributed by atoms with van der Waals surface area (Å²) in [6.45, 7) is 2.60. The zero-order valence-corrected chi connectivity index (χ0v) is 15.0. The summed E-state index contributed by atoms with van der Waals surface area (Å²) in [6.07, 6.45) is 4.15. The van der Waals surface area contributed by atoms with Crippen LogP contribution in [0.1, 0.15) is 23.5 Å². The number of aromatic nitrogens is 1. The Morgan fingerprint density at radius 2 is 2.07 bits per heavy atom. The van der Waals surface area contributed by atoms with E-state index in [1.807, 2.05) is 37.3 Å². The van der Waals surface area contributed by atoms with Gasteiger partial charge in [-0.05, 0) is 54.8 Å². The van der Waals surface area contributed by atoms with E-state index < -0.39 is 5.92 Å². The molecule has 3 aromatic rings. The number of rotatable bonds is 3. The highest BCUT2D eigenvalue weighted by Gasteiger charge is 2.31. The lowest BCUT2D eigenvalue weighted by atomic mass is 9.82. The lowest BCUT2D eigenvalue weighted by molar-refractivity contribution is -0.118. The predicted molar refractivity (Wildman–Crippen MR) is 106 cm³/mol. The molecule has 4 rings (SSSR count). The van der Waals surface area contributed by atoms with E-state index in [1.54, 1.807) is 18.5 Å². The molecule has 0 fully saturated rings. The molecule has 27 heavy (non-hydrogen) atoms. The summed E-state index contributed by atoms with van der Waals surface area (Å²) in [5.74, 6) is -0.948. The molecule has 2 unspecified atom stereocenters. The third-order valence-corrected chi connectivity index (χ3v) is 5.09. The fourth-order valence-electron chi connectivity index (χ4n) is 3.68. The van der Waals surface area contributed by atoms with Crippen molar-refractivity contribution in [3.8, 4) is 0 Å². The van der Waals surface area contributed by atoms with E-state index in [9.17, 15) is 9.18 Å². The van der Waals surface area contributed by atoms with Crippen molar-refractivity contribution in [2.75, 3.05) is 11.9 Å². The quantitative estimate of drug-likeness (QED) is 0.747. The van der Waals surface area contributed by atoms with Gasteiger partial charge in [0, 0.05) is 30.3 Å². The lowest BCUT2D eigenvalue weighted by Gasteiger charge is -2.27. The van der Waals surface area contributed by atoms with Crippen molar-refractivity contribution in [2.45, 2.75) is 19.3 Å². The van der Waals surface area contributed by atoms with Crippen LogP contribution in [0.25, 0.3) is 10.9 Å². The Kier molecular flexibility index (Phi) is 4.67. The van der Waals surface area contributed by atoms with E-state index >= 15 is 0 Å². The second kappa shape index (κ2) is 7.27. The zero-order chi connectivity index (χ0) is 18.8. The standard InChI is InChI=1S/C22H20FN3O/c1-14-7-8-20-18(6-3-10-25-20)21(14)26-22(27)19-13-24-11-9-17(19)15-4-2-5-16(23)12-15/h2-8,10,12-13,17,19H,9,11H2,1H3,(H,26,27). The molecule has 2 aromatic carbocycles. The van der Waals surface area contributed by atoms with Crippen molar-refractivity contribution < 1.29 is 9.18 Å². The van der Waals surface area contributed by atoms with Gasteiger partial charge in [-0.1, -0.05) is 18.2 Å². The Morgan fingerprint density at radius 1 is 1.19 bits per heavy atom. The van der Waals surface area contributed by atoms with Gasteiger partial charge in [0.05, 0.1) is 17.1 Å². The summed E-state index contributed by atoms with van der Waals surface area (Å²) in [6, 6.07) is 14.2. The van der Waals surface area contributed by atoms with Gasteiger partial charge in [0.15, 0.2) is 0 Å². The van der Waals surface area contributed by atoms with Gasteiger partial charge in [0.25, 0.3) is 0 Å². The number of fused-ring (bicyclic) bond motifs is 1. The smallest absolute Gasteiger partial charge is 0.233 e. The molecule has 0 radical (unpaired) electrons. The average molecular weight is 361 g/mol. The number of nitrogens with one attached hydrogen (secondary N) is 1. The molecular formula is C22H20FN3O. The first kappa shape index (κ1) is 17.3. The van der Waals surface area contributed by atoms with Gasteiger partial charge in [-0.3, -0.25) is 14.8 Å². The highest BCUT2D eigenvalue weighted by molar-refractivity contribution is 6.08. The van der Waals surface area contributed by atoms with Gasteiger partial charge in [-0.25, -0.2) is 4.39 Å². The first-order chi connectivity index (χ1) is 13.1. The van der Waals surface area contributed by atoms with Crippen LogP contribution in [0, 0.1) is 18.7 Å². The van der Waals surface area contributed by atoms with Gasteiger partial charge < -0.3 is 5.32 Å². The van der Waals surface area contributed by atoms with Crippen molar-refractivity contribution in [2.24, 2.45) is 10.9 Å². The van der Waals surface area contributed by atoms with E-state index in [2.05, 4.69) is 15.3 Å². The zero-order valence-electron chi connectivity index (χ0n) is 15.0. The molecule has 1 N–H and O–H groups in total. The number of carbonyl (C=O) groups excluding carboxylic acids is 1. The van der Waals surface area contributed by atoms with Crippen LogP contribution in [0.3, 0.4) is 0 Å². The number of benzene rings is 2. The number of hydrogen-bond acceptors (Lipinski definition) is 3. The summed E-state index contributed by atoms with van der Waals surface area (Å²) in [5.41, 5.74) is 3.40. The van der Waals surface area contributed by atoms with E-state index in [0.29, 0.717) is 13.0 Å². The monoisotopic (exact) mass is 361 g/mol. The number of nitrogens with zero attached hydrogens (tertiary/aromatic N) is 2. The summed E-state index contributed by atoms with van der Waals surface area (Å²) in [4.78, 5) is 21.8. The second-order valence-corrected chi connectivity index (χ2v) is 6.85. The van der Waals surface area contributed by atoms with Gasteiger partial charge in [-0.2, -0.15) is 0 Å². The average Bonchev–Trinajstić information content (AvgIpc) is 2.70. The molecule has 0 saturated carbocycles. The molecular weight excluding hydrogens is 341 g/mol. The molecule has 1 aromatic heterocycles. The molecule has 5 heteroatoms. The van der Waals surface area contributed by atoms with Crippen LogP contribution in [0.2, 0.25) is 0 Å². The number of anilines is 1. The lowest BCUT2D eigenvalue weighted by Crippen LogP contribution is -2.32. The molecule has 136 valence electrons. The minimum atomic E-state index is -0.438. The van der Waals surface area contributed by atoms with Crippen molar-refractivity contribution in [3.63, 3.8) is 0 Å². The van der Waals surface area contributed by atoms with Crippen LogP contribution in [-0.4, -0.2) is 23.7 Å². The van der Waals surface area contributed by atoms with E-state index in [4.69, 9.17) is 0 Å². The third-order valence-electron chi connectivity index (χ3n) is 5.09. The number of pyridine rings is 1. The number of amides is 1. The van der Waals surface area contributed by atoms with Crippen molar-refractivity contribution in [3.05, 3.63) is 71.7 Å². The van der Waals surface area contributed by atoms with Crippen LogP contribution in [-0.2, 0) is 4.79 Å². The Balaban J connectivity index is 1.67. The molecule has 4 nitrogen and oxygen atoms in total. The van der Waals surface area contributed by atoms with E-state index in [-0.39, 0.29) is 17.6 Å². The molecule has 0 spiro atoms. The minimum absolute atomic E-state index is 0.0911. The number of carbonyl (C=O) groups is 1.